The third-order valence-corrected chi connectivity index (χ3v) is 5.18. The third kappa shape index (κ3) is 2.72. The molecule has 118 valence electrons. The van der Waals surface area contributed by atoms with Crippen molar-refractivity contribution in [3.8, 4) is 0 Å². The predicted octanol–water partition coefficient (Wildman–Crippen LogP) is 1.72. The van der Waals surface area contributed by atoms with Crippen LogP contribution >= 0.6 is 0 Å². The van der Waals surface area contributed by atoms with Crippen LogP contribution in [0, 0.1) is 18.8 Å². The number of pyridine rings is 1. The molecule has 2 heterocycles. The lowest BCUT2D eigenvalue weighted by atomic mass is 9.88. The second-order valence-corrected chi connectivity index (χ2v) is 6.79. The van der Waals surface area contributed by atoms with Crippen molar-refractivity contribution in [2.24, 2.45) is 11.8 Å². The van der Waals surface area contributed by atoms with Crippen LogP contribution in [0.25, 0.3) is 0 Å². The highest BCUT2D eigenvalue weighted by molar-refractivity contribution is 5.94. The number of piperidine rings is 1. The quantitative estimate of drug-likeness (QED) is 0.836. The van der Waals surface area contributed by atoms with E-state index in [-0.39, 0.29) is 17.9 Å². The third-order valence-electron chi connectivity index (χ3n) is 5.18. The molecule has 1 aliphatic carbocycles. The molecule has 0 N–H and O–H groups in total. The minimum atomic E-state index is 0.0273. The van der Waals surface area contributed by atoms with E-state index in [2.05, 4.69) is 4.98 Å². The predicted molar refractivity (Wildman–Crippen MR) is 83.3 cm³/mol. The van der Waals surface area contributed by atoms with E-state index < -0.39 is 0 Å². The van der Waals surface area contributed by atoms with Gasteiger partial charge in [0.15, 0.2) is 0 Å². The summed E-state index contributed by atoms with van der Waals surface area (Å²) in [5.41, 5.74) is 1.64. The van der Waals surface area contributed by atoms with Gasteiger partial charge < -0.3 is 9.80 Å². The molecule has 3 rings (SSSR count). The van der Waals surface area contributed by atoms with Gasteiger partial charge in [0.25, 0.3) is 5.91 Å². The second-order valence-electron chi connectivity index (χ2n) is 6.79. The molecule has 5 heteroatoms. The maximum Gasteiger partial charge on any atom is 0.255 e. The maximum absolute atomic E-state index is 12.6. The number of fused-ring (bicyclic) bond motifs is 1. The fourth-order valence-electron chi connectivity index (χ4n) is 3.84. The summed E-state index contributed by atoms with van der Waals surface area (Å²) >= 11 is 0. The summed E-state index contributed by atoms with van der Waals surface area (Å²) in [7, 11) is 3.75. The molecular weight excluding hydrogens is 278 g/mol. The Morgan fingerprint density at radius 3 is 2.77 bits per heavy atom. The smallest absolute Gasteiger partial charge is 0.255 e. The molecular formula is C17H23N3O2. The lowest BCUT2D eigenvalue weighted by molar-refractivity contribution is -0.134. The first-order valence-electron chi connectivity index (χ1n) is 7.88. The standard InChI is InChI=1S/C17H23N3O2/c1-11-4-13(9-18-8-11)17(22)20(3)15-5-12-7-16(21)19(2)10-14(12)6-15/h4,8-9,12,14-15H,5-7,10H2,1-3H3/t12-,14+,15-/m1/s1. The Morgan fingerprint density at radius 1 is 1.32 bits per heavy atom. The van der Waals surface area contributed by atoms with Crippen molar-refractivity contribution >= 4 is 11.8 Å². The highest BCUT2D eigenvalue weighted by atomic mass is 16.2. The van der Waals surface area contributed by atoms with Crippen LogP contribution in [0.1, 0.15) is 35.2 Å². The lowest BCUT2D eigenvalue weighted by Crippen LogP contribution is -2.39. The van der Waals surface area contributed by atoms with Gasteiger partial charge in [0, 0.05) is 45.5 Å². The van der Waals surface area contributed by atoms with Crippen LogP contribution in [0.3, 0.4) is 0 Å². The van der Waals surface area contributed by atoms with Crippen LogP contribution in [-0.2, 0) is 4.79 Å². The maximum atomic E-state index is 12.6. The largest absolute Gasteiger partial charge is 0.345 e. The summed E-state index contributed by atoms with van der Waals surface area (Å²) in [6.07, 6.45) is 5.94. The Morgan fingerprint density at radius 2 is 2.05 bits per heavy atom. The second kappa shape index (κ2) is 5.71. The normalized spacial score (nSPS) is 27.7. The van der Waals surface area contributed by atoms with Crippen molar-refractivity contribution < 1.29 is 9.59 Å². The summed E-state index contributed by atoms with van der Waals surface area (Å²) in [5, 5.41) is 0. The Hall–Kier alpha value is -1.91. The highest BCUT2D eigenvalue weighted by Gasteiger charge is 2.42. The van der Waals surface area contributed by atoms with E-state index in [1.807, 2.05) is 36.9 Å². The van der Waals surface area contributed by atoms with E-state index in [1.165, 1.54) is 0 Å². The molecule has 0 bridgehead atoms. The van der Waals surface area contributed by atoms with E-state index in [0.29, 0.717) is 23.8 Å². The molecule has 0 aromatic carbocycles. The molecule has 0 spiro atoms. The first kappa shape index (κ1) is 15.0. The molecule has 1 aromatic heterocycles. The van der Waals surface area contributed by atoms with E-state index in [0.717, 1.165) is 24.9 Å². The SMILES string of the molecule is Cc1cncc(C(=O)N(C)[C@@H]2C[C@@H]3CC(=O)N(C)C[C@@H]3C2)c1. The number of rotatable bonds is 2. The number of carbonyl (C=O) groups excluding carboxylic acids is 2. The number of carbonyl (C=O) groups is 2. The average molecular weight is 301 g/mol. The molecule has 1 aromatic rings. The number of amides is 2. The van der Waals surface area contributed by atoms with Crippen LogP contribution in [-0.4, -0.2) is 53.3 Å². The van der Waals surface area contributed by atoms with Crippen LogP contribution in [0.4, 0.5) is 0 Å². The van der Waals surface area contributed by atoms with Gasteiger partial charge in [0.05, 0.1) is 5.56 Å². The van der Waals surface area contributed by atoms with Gasteiger partial charge in [-0.15, -0.1) is 0 Å². The number of aryl methyl sites for hydroxylation is 1. The van der Waals surface area contributed by atoms with Crippen molar-refractivity contribution in [1.82, 2.24) is 14.8 Å². The van der Waals surface area contributed by atoms with Crippen LogP contribution in [0.5, 0.6) is 0 Å². The summed E-state index contributed by atoms with van der Waals surface area (Å²) in [5.74, 6) is 1.22. The van der Waals surface area contributed by atoms with Crippen molar-refractivity contribution in [2.45, 2.75) is 32.2 Å². The van der Waals surface area contributed by atoms with E-state index >= 15 is 0 Å². The summed E-state index contributed by atoms with van der Waals surface area (Å²) in [4.78, 5) is 32.3. The first-order valence-corrected chi connectivity index (χ1v) is 7.88. The minimum Gasteiger partial charge on any atom is -0.345 e. The molecule has 0 unspecified atom stereocenters. The summed E-state index contributed by atoms with van der Waals surface area (Å²) in [6.45, 7) is 2.77. The molecule has 2 aliphatic rings. The number of hydrogen-bond donors (Lipinski definition) is 0. The van der Waals surface area contributed by atoms with Crippen molar-refractivity contribution in [3.05, 3.63) is 29.6 Å². The molecule has 1 saturated heterocycles. The average Bonchev–Trinajstić information content (AvgIpc) is 2.89. The van der Waals surface area contributed by atoms with E-state index in [1.54, 1.807) is 12.4 Å². The van der Waals surface area contributed by atoms with Crippen molar-refractivity contribution in [1.29, 1.82) is 0 Å². The molecule has 0 radical (unpaired) electrons. The molecule has 1 saturated carbocycles. The summed E-state index contributed by atoms with van der Waals surface area (Å²) < 4.78 is 0. The minimum absolute atomic E-state index is 0.0273. The van der Waals surface area contributed by atoms with Gasteiger partial charge in [-0.05, 0) is 43.2 Å². The van der Waals surface area contributed by atoms with Crippen LogP contribution in [0.15, 0.2) is 18.5 Å². The fraction of sp³-hybridized carbons (Fsp3) is 0.588. The Labute approximate surface area is 131 Å². The van der Waals surface area contributed by atoms with Crippen LogP contribution < -0.4 is 0 Å². The molecule has 3 atom stereocenters. The van der Waals surface area contributed by atoms with Crippen molar-refractivity contribution in [3.63, 3.8) is 0 Å². The molecule has 2 amide bonds. The fourth-order valence-corrected chi connectivity index (χ4v) is 3.84. The zero-order valence-corrected chi connectivity index (χ0v) is 13.5. The molecule has 1 aliphatic heterocycles. The van der Waals surface area contributed by atoms with Gasteiger partial charge >= 0.3 is 0 Å². The van der Waals surface area contributed by atoms with Gasteiger partial charge in [-0.3, -0.25) is 14.6 Å². The van der Waals surface area contributed by atoms with Gasteiger partial charge in [0.2, 0.25) is 5.91 Å². The van der Waals surface area contributed by atoms with Crippen molar-refractivity contribution in [2.75, 3.05) is 20.6 Å². The Balaban J connectivity index is 1.70. The number of nitrogens with zero attached hydrogens (tertiary/aromatic N) is 3. The monoisotopic (exact) mass is 301 g/mol. The Bertz CT molecular complexity index is 601. The molecule has 2 fully saturated rings. The van der Waals surface area contributed by atoms with E-state index in [9.17, 15) is 9.59 Å². The number of hydrogen-bond acceptors (Lipinski definition) is 3. The molecule has 5 nitrogen and oxygen atoms in total. The van der Waals surface area contributed by atoms with Gasteiger partial charge in [-0.2, -0.15) is 0 Å². The number of likely N-dealkylation sites (tertiary alicyclic amines) is 1. The molecule has 22 heavy (non-hydrogen) atoms. The zero-order chi connectivity index (χ0) is 15.9. The van der Waals surface area contributed by atoms with E-state index in [4.69, 9.17) is 0 Å². The van der Waals surface area contributed by atoms with Gasteiger partial charge in [-0.25, -0.2) is 0 Å². The van der Waals surface area contributed by atoms with Crippen LogP contribution in [0.2, 0.25) is 0 Å². The van der Waals surface area contributed by atoms with Gasteiger partial charge in [-0.1, -0.05) is 0 Å². The first-order chi connectivity index (χ1) is 10.5. The van der Waals surface area contributed by atoms with Gasteiger partial charge in [0.1, 0.15) is 0 Å². The Kier molecular flexibility index (Phi) is 3.89. The highest BCUT2D eigenvalue weighted by Crippen LogP contribution is 2.40. The topological polar surface area (TPSA) is 53.5 Å². The number of aromatic nitrogens is 1. The zero-order valence-electron chi connectivity index (χ0n) is 13.5. The lowest BCUT2D eigenvalue weighted by Gasteiger charge is -2.31. The summed E-state index contributed by atoms with van der Waals surface area (Å²) in [6, 6.07) is 2.10.